The molecule has 2 aliphatic carbocycles. The molecule has 0 aromatic heterocycles. The lowest BCUT2D eigenvalue weighted by Gasteiger charge is -2.35. The van der Waals surface area contributed by atoms with Gasteiger partial charge in [0.25, 0.3) is 0 Å². The van der Waals surface area contributed by atoms with Crippen molar-refractivity contribution in [2.45, 2.75) is 76.5 Å². The van der Waals surface area contributed by atoms with Crippen molar-refractivity contribution in [2.75, 3.05) is 7.11 Å². The molecule has 0 saturated heterocycles. The molecule has 0 N–H and O–H groups in total. The molecule has 2 saturated carbocycles. The molecule has 0 heterocycles. The lowest BCUT2D eigenvalue weighted by molar-refractivity contribution is -0.211. The molecule has 0 aromatic carbocycles. The molecule has 0 spiro atoms. The number of alkyl halides is 3. The Bertz CT molecular complexity index is 337. The molecule has 1 nitrogen and oxygen atoms in total. The first-order valence-corrected chi connectivity index (χ1v) is 8.77. The maximum absolute atomic E-state index is 12.6. The highest BCUT2D eigenvalue weighted by Crippen LogP contribution is 2.40. The first-order valence-electron chi connectivity index (χ1n) is 8.77. The van der Waals surface area contributed by atoms with E-state index in [0.717, 1.165) is 31.8 Å². The highest BCUT2D eigenvalue weighted by atomic mass is 19.4. The maximum Gasteiger partial charge on any atom is 0.414 e. The average molecular weight is 318 g/mol. The summed E-state index contributed by atoms with van der Waals surface area (Å²) in [6.07, 6.45) is 9.43. The minimum atomic E-state index is -4.27. The van der Waals surface area contributed by atoms with Crippen LogP contribution in [0.5, 0.6) is 0 Å². The maximum atomic E-state index is 12.6. The molecule has 1 unspecified atom stereocenters. The Morgan fingerprint density at radius 1 is 0.955 bits per heavy atom. The lowest BCUT2D eigenvalue weighted by Crippen LogP contribution is -2.30. The summed E-state index contributed by atoms with van der Waals surface area (Å²) in [5.41, 5.74) is 0. The van der Waals surface area contributed by atoms with Crippen LogP contribution in [-0.2, 0) is 4.74 Å². The molecule has 2 aliphatic rings. The third-order valence-electron chi connectivity index (χ3n) is 5.54. The van der Waals surface area contributed by atoms with Crippen molar-refractivity contribution >= 4 is 0 Å². The largest absolute Gasteiger partial charge is 0.414 e. The zero-order valence-corrected chi connectivity index (χ0v) is 13.6. The van der Waals surface area contributed by atoms with Crippen LogP contribution in [-0.4, -0.2) is 19.4 Å². The van der Waals surface area contributed by atoms with Crippen LogP contribution in [0, 0.1) is 17.8 Å². The van der Waals surface area contributed by atoms with E-state index in [1.54, 1.807) is 6.08 Å². The summed E-state index contributed by atoms with van der Waals surface area (Å²) >= 11 is 0. The second-order valence-electron chi connectivity index (χ2n) is 7.00. The smallest absolute Gasteiger partial charge is 0.372 e. The molecule has 4 heteroatoms. The summed E-state index contributed by atoms with van der Waals surface area (Å²) in [5.74, 6) is 2.25. The first kappa shape index (κ1) is 17.8. The third kappa shape index (κ3) is 5.29. The van der Waals surface area contributed by atoms with Crippen LogP contribution in [0.15, 0.2) is 12.2 Å². The molecule has 0 bridgehead atoms. The van der Waals surface area contributed by atoms with Crippen molar-refractivity contribution in [1.82, 2.24) is 0 Å². The molecular weight excluding hydrogens is 289 g/mol. The van der Waals surface area contributed by atoms with Crippen molar-refractivity contribution in [3.8, 4) is 0 Å². The molecular formula is C18H29F3O. The number of hydrogen-bond donors (Lipinski definition) is 0. The SMILES string of the molecule is COC(CC=CC1CCC(C2CCCCC2)CC1)C(F)(F)F. The molecule has 0 aromatic rings. The van der Waals surface area contributed by atoms with Gasteiger partial charge in [0.05, 0.1) is 0 Å². The van der Waals surface area contributed by atoms with Crippen LogP contribution >= 0.6 is 0 Å². The van der Waals surface area contributed by atoms with E-state index in [1.165, 1.54) is 44.9 Å². The quantitative estimate of drug-likeness (QED) is 0.574. The Hall–Kier alpha value is -0.510. The van der Waals surface area contributed by atoms with Crippen LogP contribution in [0.4, 0.5) is 13.2 Å². The van der Waals surface area contributed by atoms with E-state index in [1.807, 2.05) is 6.08 Å². The van der Waals surface area contributed by atoms with Gasteiger partial charge in [-0.25, -0.2) is 0 Å². The van der Waals surface area contributed by atoms with E-state index in [-0.39, 0.29) is 6.42 Å². The fraction of sp³-hybridized carbons (Fsp3) is 0.889. The summed E-state index contributed by atoms with van der Waals surface area (Å²) in [7, 11) is 1.13. The van der Waals surface area contributed by atoms with E-state index in [4.69, 9.17) is 0 Å². The number of halogens is 3. The van der Waals surface area contributed by atoms with Crippen molar-refractivity contribution in [3.63, 3.8) is 0 Å². The van der Waals surface area contributed by atoms with Gasteiger partial charge in [-0.05, 0) is 43.4 Å². The van der Waals surface area contributed by atoms with Crippen molar-refractivity contribution in [2.24, 2.45) is 17.8 Å². The normalized spacial score (nSPS) is 29.8. The fourth-order valence-corrected chi connectivity index (χ4v) is 4.17. The number of methoxy groups -OCH3 is 1. The molecule has 0 radical (unpaired) electrons. The Morgan fingerprint density at radius 2 is 1.55 bits per heavy atom. The molecule has 22 heavy (non-hydrogen) atoms. The topological polar surface area (TPSA) is 9.23 Å². The van der Waals surface area contributed by atoms with E-state index < -0.39 is 12.3 Å². The Kier molecular flexibility index (Phi) is 6.79. The van der Waals surface area contributed by atoms with Crippen LogP contribution in [0.3, 0.4) is 0 Å². The highest BCUT2D eigenvalue weighted by Gasteiger charge is 2.39. The summed E-state index contributed by atoms with van der Waals surface area (Å²) in [6, 6.07) is 0. The van der Waals surface area contributed by atoms with Crippen molar-refractivity contribution < 1.29 is 17.9 Å². The summed E-state index contributed by atoms with van der Waals surface area (Å²) in [5, 5.41) is 0. The summed E-state index contributed by atoms with van der Waals surface area (Å²) in [4.78, 5) is 0. The second kappa shape index (κ2) is 8.37. The van der Waals surface area contributed by atoms with Gasteiger partial charge in [0.1, 0.15) is 0 Å². The number of hydrogen-bond acceptors (Lipinski definition) is 1. The van der Waals surface area contributed by atoms with E-state index >= 15 is 0 Å². The van der Waals surface area contributed by atoms with Gasteiger partial charge in [-0.15, -0.1) is 0 Å². The number of rotatable bonds is 5. The summed E-state index contributed by atoms with van der Waals surface area (Å²) < 4.78 is 42.3. The van der Waals surface area contributed by atoms with Crippen LogP contribution < -0.4 is 0 Å². The molecule has 2 rings (SSSR count). The van der Waals surface area contributed by atoms with Gasteiger partial charge in [0.15, 0.2) is 6.10 Å². The lowest BCUT2D eigenvalue weighted by atomic mass is 9.71. The zero-order valence-electron chi connectivity index (χ0n) is 13.6. The van der Waals surface area contributed by atoms with Crippen molar-refractivity contribution in [3.05, 3.63) is 12.2 Å². The monoisotopic (exact) mass is 318 g/mol. The third-order valence-corrected chi connectivity index (χ3v) is 5.54. The van der Waals surface area contributed by atoms with Crippen LogP contribution in [0.2, 0.25) is 0 Å². The highest BCUT2D eigenvalue weighted by molar-refractivity contribution is 4.94. The van der Waals surface area contributed by atoms with Gasteiger partial charge in [-0.2, -0.15) is 13.2 Å². The van der Waals surface area contributed by atoms with Gasteiger partial charge in [-0.1, -0.05) is 44.3 Å². The van der Waals surface area contributed by atoms with E-state index in [9.17, 15) is 13.2 Å². The Morgan fingerprint density at radius 3 is 2.09 bits per heavy atom. The average Bonchev–Trinajstić information content (AvgIpc) is 2.52. The summed E-state index contributed by atoms with van der Waals surface area (Å²) in [6.45, 7) is 0. The first-order chi connectivity index (χ1) is 10.5. The minimum absolute atomic E-state index is 0.0669. The molecule has 128 valence electrons. The fourth-order valence-electron chi connectivity index (χ4n) is 4.17. The standard InChI is InChI=1S/C18H29F3O/c1-22-17(18(19,20)21)9-5-6-14-10-12-16(13-11-14)15-7-3-2-4-8-15/h5-6,14-17H,2-4,7-13H2,1H3. The molecule has 0 aliphatic heterocycles. The minimum Gasteiger partial charge on any atom is -0.372 e. The van der Waals surface area contributed by atoms with Gasteiger partial charge in [0.2, 0.25) is 0 Å². The van der Waals surface area contributed by atoms with Gasteiger partial charge < -0.3 is 4.74 Å². The number of allylic oxidation sites excluding steroid dienone is 1. The van der Waals surface area contributed by atoms with E-state index in [0.29, 0.717) is 5.92 Å². The predicted octanol–water partition coefficient (Wildman–Crippen LogP) is 5.90. The Balaban J connectivity index is 1.71. The molecule has 1 atom stereocenters. The molecule has 0 amide bonds. The van der Waals surface area contributed by atoms with E-state index in [2.05, 4.69) is 4.74 Å². The predicted molar refractivity (Wildman–Crippen MR) is 82.6 cm³/mol. The van der Waals surface area contributed by atoms with Gasteiger partial charge in [0, 0.05) is 13.5 Å². The Labute approximate surface area is 132 Å². The van der Waals surface area contributed by atoms with Crippen molar-refractivity contribution in [1.29, 1.82) is 0 Å². The second-order valence-corrected chi connectivity index (χ2v) is 7.00. The van der Waals surface area contributed by atoms with Gasteiger partial charge >= 0.3 is 6.18 Å². The number of ether oxygens (including phenoxy) is 1. The van der Waals surface area contributed by atoms with Gasteiger partial charge in [-0.3, -0.25) is 0 Å². The zero-order chi connectivity index (χ0) is 16.0. The molecule has 2 fully saturated rings. The van der Waals surface area contributed by atoms with Crippen LogP contribution in [0.1, 0.15) is 64.2 Å². The van der Waals surface area contributed by atoms with Crippen LogP contribution in [0.25, 0.3) is 0 Å².